The van der Waals surface area contributed by atoms with Crippen LogP contribution in [-0.4, -0.2) is 31.5 Å². The molecule has 1 fully saturated rings. The molecular weight excluding hydrogens is 525 g/mol. The van der Waals surface area contributed by atoms with Crippen molar-refractivity contribution in [2.45, 2.75) is 30.6 Å². The highest BCUT2D eigenvalue weighted by atomic mass is 35.5. The first-order valence-electron chi connectivity index (χ1n) is 12.6. The van der Waals surface area contributed by atoms with Crippen LogP contribution in [0.25, 0.3) is 10.9 Å². The first-order chi connectivity index (χ1) is 18.4. The number of hydrogen-bond acceptors (Lipinski definition) is 6. The highest BCUT2D eigenvalue weighted by Crippen LogP contribution is 2.30. The second-order valence-corrected chi connectivity index (χ2v) is 11.8. The van der Waals surface area contributed by atoms with Crippen LogP contribution < -0.4 is 15.4 Å². The molecular formula is C28H29ClFN5O2S. The van der Waals surface area contributed by atoms with Crippen molar-refractivity contribution in [2.75, 3.05) is 23.7 Å². The minimum atomic E-state index is -3.55. The standard InChI is InChI=1S/C28H29ClFN5O2S/c29-21-12-14-24(15-13-21)38(36,37)32-18-20-10-8-19(9-11-20)17-31-28-34-26-7-2-1-6-25(26)27(35-28)33-23-5-3-4-22(30)16-23/h1-7,12-16,19-20,32H,8-11,17-18H2,(H2,31,33,34,35)/t19-,20-. The van der Waals surface area contributed by atoms with Crippen LogP contribution in [0.2, 0.25) is 5.02 Å². The zero-order chi connectivity index (χ0) is 26.5. The van der Waals surface area contributed by atoms with E-state index in [0.717, 1.165) is 43.1 Å². The number of rotatable bonds is 9. The van der Waals surface area contributed by atoms with Gasteiger partial charge in [-0.2, -0.15) is 4.98 Å². The minimum Gasteiger partial charge on any atom is -0.354 e. The number of nitrogens with one attached hydrogen (secondary N) is 3. The van der Waals surface area contributed by atoms with Gasteiger partial charge >= 0.3 is 0 Å². The molecule has 4 aromatic rings. The fourth-order valence-corrected chi connectivity index (χ4v) is 6.00. The molecule has 1 aromatic heterocycles. The van der Waals surface area contributed by atoms with Gasteiger partial charge in [0.05, 0.1) is 10.4 Å². The maximum Gasteiger partial charge on any atom is 0.240 e. The van der Waals surface area contributed by atoms with Gasteiger partial charge in [-0.05, 0) is 92.1 Å². The van der Waals surface area contributed by atoms with Crippen molar-refractivity contribution in [3.8, 4) is 0 Å². The normalized spacial score (nSPS) is 17.8. The first kappa shape index (κ1) is 26.3. The number of aromatic nitrogens is 2. The summed E-state index contributed by atoms with van der Waals surface area (Å²) in [6.45, 7) is 1.15. The Hall–Kier alpha value is -3.27. The lowest BCUT2D eigenvalue weighted by Gasteiger charge is -2.28. The van der Waals surface area contributed by atoms with Crippen molar-refractivity contribution in [3.05, 3.63) is 83.6 Å². The van der Waals surface area contributed by atoms with E-state index in [0.29, 0.717) is 40.9 Å². The van der Waals surface area contributed by atoms with Gasteiger partial charge in [-0.15, -0.1) is 0 Å². The van der Waals surface area contributed by atoms with Gasteiger partial charge in [-0.3, -0.25) is 0 Å². The van der Waals surface area contributed by atoms with Gasteiger partial charge < -0.3 is 10.6 Å². The van der Waals surface area contributed by atoms with Gasteiger partial charge in [0.1, 0.15) is 11.6 Å². The van der Waals surface area contributed by atoms with Crippen molar-refractivity contribution in [1.82, 2.24) is 14.7 Å². The Morgan fingerprint density at radius 2 is 1.58 bits per heavy atom. The molecule has 1 aliphatic carbocycles. The zero-order valence-electron chi connectivity index (χ0n) is 20.7. The monoisotopic (exact) mass is 553 g/mol. The zero-order valence-corrected chi connectivity index (χ0v) is 22.3. The van der Waals surface area contributed by atoms with E-state index >= 15 is 0 Å². The minimum absolute atomic E-state index is 0.224. The number of fused-ring (bicyclic) bond motifs is 1. The summed E-state index contributed by atoms with van der Waals surface area (Å²) < 4.78 is 41.6. The Kier molecular flexibility index (Phi) is 8.06. The Morgan fingerprint density at radius 1 is 0.868 bits per heavy atom. The van der Waals surface area contributed by atoms with Gasteiger partial charge in [0.25, 0.3) is 0 Å². The molecule has 7 nitrogen and oxygen atoms in total. The van der Waals surface area contributed by atoms with Gasteiger partial charge in [-0.1, -0.05) is 29.8 Å². The predicted molar refractivity (Wildman–Crippen MR) is 150 cm³/mol. The van der Waals surface area contributed by atoms with Gasteiger partial charge in [0.15, 0.2) is 0 Å². The van der Waals surface area contributed by atoms with E-state index < -0.39 is 10.0 Å². The molecule has 5 rings (SSSR count). The van der Waals surface area contributed by atoms with E-state index in [2.05, 4.69) is 25.3 Å². The van der Waals surface area contributed by atoms with Crippen molar-refractivity contribution in [1.29, 1.82) is 0 Å². The summed E-state index contributed by atoms with van der Waals surface area (Å²) in [6, 6.07) is 20.2. The Labute approximate surface area is 226 Å². The fourth-order valence-electron chi connectivity index (χ4n) is 4.75. The molecule has 3 N–H and O–H groups in total. The number of anilines is 3. The van der Waals surface area contributed by atoms with Gasteiger partial charge in [-0.25, -0.2) is 22.5 Å². The third kappa shape index (κ3) is 6.59. The predicted octanol–water partition coefficient (Wildman–Crippen LogP) is 6.36. The molecule has 0 unspecified atom stereocenters. The van der Waals surface area contributed by atoms with Crippen LogP contribution in [0, 0.1) is 17.7 Å². The molecule has 0 amide bonds. The number of para-hydroxylation sites is 1. The largest absolute Gasteiger partial charge is 0.354 e. The van der Waals surface area contributed by atoms with Crippen molar-refractivity contribution < 1.29 is 12.8 Å². The quantitative estimate of drug-likeness (QED) is 0.223. The maximum atomic E-state index is 13.7. The van der Waals surface area contributed by atoms with Crippen LogP contribution in [0.3, 0.4) is 0 Å². The molecule has 38 heavy (non-hydrogen) atoms. The van der Waals surface area contributed by atoms with Crippen LogP contribution in [0.15, 0.2) is 77.7 Å². The molecule has 0 spiro atoms. The topological polar surface area (TPSA) is 96.0 Å². The molecule has 1 heterocycles. The second kappa shape index (κ2) is 11.6. The lowest BCUT2D eigenvalue weighted by molar-refractivity contribution is 0.284. The summed E-state index contributed by atoms with van der Waals surface area (Å²) in [4.78, 5) is 9.56. The lowest BCUT2D eigenvalue weighted by atomic mass is 9.82. The summed E-state index contributed by atoms with van der Waals surface area (Å²) in [6.07, 6.45) is 3.87. The number of sulfonamides is 1. The maximum absolute atomic E-state index is 13.7. The van der Waals surface area contributed by atoms with E-state index in [4.69, 9.17) is 11.6 Å². The number of nitrogens with zero attached hydrogens (tertiary/aromatic N) is 2. The Balaban J connectivity index is 1.16. The Morgan fingerprint density at radius 3 is 2.32 bits per heavy atom. The molecule has 1 saturated carbocycles. The van der Waals surface area contributed by atoms with E-state index in [-0.39, 0.29) is 10.7 Å². The molecule has 10 heteroatoms. The van der Waals surface area contributed by atoms with Gasteiger partial charge in [0, 0.05) is 29.2 Å². The van der Waals surface area contributed by atoms with Crippen molar-refractivity contribution >= 4 is 50.0 Å². The second-order valence-electron chi connectivity index (χ2n) is 9.62. The van der Waals surface area contributed by atoms with Crippen LogP contribution in [0.4, 0.5) is 21.8 Å². The third-order valence-electron chi connectivity index (χ3n) is 6.89. The van der Waals surface area contributed by atoms with Crippen LogP contribution in [0.1, 0.15) is 25.7 Å². The van der Waals surface area contributed by atoms with Gasteiger partial charge in [0.2, 0.25) is 16.0 Å². The number of benzene rings is 3. The molecule has 0 saturated heterocycles. The molecule has 3 aromatic carbocycles. The molecule has 1 aliphatic rings. The average molecular weight is 554 g/mol. The van der Waals surface area contributed by atoms with Crippen molar-refractivity contribution in [3.63, 3.8) is 0 Å². The molecule has 0 radical (unpaired) electrons. The smallest absolute Gasteiger partial charge is 0.240 e. The highest BCUT2D eigenvalue weighted by molar-refractivity contribution is 7.89. The molecule has 198 valence electrons. The lowest BCUT2D eigenvalue weighted by Crippen LogP contribution is -2.32. The van der Waals surface area contributed by atoms with Crippen LogP contribution in [-0.2, 0) is 10.0 Å². The first-order valence-corrected chi connectivity index (χ1v) is 14.5. The number of hydrogen-bond donors (Lipinski definition) is 3. The number of halogens is 2. The third-order valence-corrected chi connectivity index (χ3v) is 8.58. The molecule has 0 aliphatic heterocycles. The highest BCUT2D eigenvalue weighted by Gasteiger charge is 2.23. The van der Waals surface area contributed by atoms with Crippen LogP contribution >= 0.6 is 11.6 Å². The SMILES string of the molecule is O=S(=O)(NC[C@H]1CC[C@H](CNc2nc(Nc3cccc(F)c3)c3ccccc3n2)CC1)c1ccc(Cl)cc1. The Bertz CT molecular complexity index is 1510. The molecule has 0 atom stereocenters. The van der Waals surface area contributed by atoms with E-state index in [1.165, 1.54) is 24.3 Å². The van der Waals surface area contributed by atoms with E-state index in [1.54, 1.807) is 24.3 Å². The summed E-state index contributed by atoms with van der Waals surface area (Å²) in [5.74, 6) is 1.54. The molecule has 0 bridgehead atoms. The van der Waals surface area contributed by atoms with Crippen LogP contribution in [0.5, 0.6) is 0 Å². The fraction of sp³-hybridized carbons (Fsp3) is 0.286. The van der Waals surface area contributed by atoms with E-state index in [1.807, 2.05) is 24.3 Å². The van der Waals surface area contributed by atoms with E-state index in [9.17, 15) is 12.8 Å². The summed E-state index contributed by atoms with van der Waals surface area (Å²) in [7, 11) is -3.55. The average Bonchev–Trinajstić information content (AvgIpc) is 2.92. The summed E-state index contributed by atoms with van der Waals surface area (Å²) in [5.41, 5.74) is 1.41. The van der Waals surface area contributed by atoms with Crippen molar-refractivity contribution in [2.24, 2.45) is 11.8 Å². The summed E-state index contributed by atoms with van der Waals surface area (Å²) in [5, 5.41) is 7.96. The summed E-state index contributed by atoms with van der Waals surface area (Å²) >= 11 is 5.87.